The van der Waals surface area contributed by atoms with Gasteiger partial charge in [-0.3, -0.25) is 9.10 Å². The van der Waals surface area contributed by atoms with Crippen molar-refractivity contribution in [2.45, 2.75) is 4.90 Å². The first-order chi connectivity index (χ1) is 15.3. The van der Waals surface area contributed by atoms with Crippen molar-refractivity contribution in [3.63, 3.8) is 0 Å². The minimum absolute atomic E-state index is 0.00209. The van der Waals surface area contributed by atoms with Gasteiger partial charge in [0.25, 0.3) is 15.9 Å². The standard InChI is InChI=1S/C23H20ClFN2O4S/c1-3-13-27(18-7-9-19(31-2)10-8-18)32(29,30)20-11-12-22(24)21(15-20)23(28)26-17-6-4-5-16(25)14-17/h3-12,14-15H,1,13H2,2H3,(H,26,28). The van der Waals surface area contributed by atoms with Gasteiger partial charge >= 0.3 is 0 Å². The molecule has 1 amide bonds. The Morgan fingerprint density at radius 1 is 1.16 bits per heavy atom. The van der Waals surface area contributed by atoms with Crippen LogP contribution >= 0.6 is 11.6 Å². The summed E-state index contributed by atoms with van der Waals surface area (Å²) < 4.78 is 46.5. The molecule has 0 saturated carbocycles. The molecule has 3 aromatic rings. The van der Waals surface area contributed by atoms with Crippen molar-refractivity contribution in [1.82, 2.24) is 0 Å². The highest BCUT2D eigenvalue weighted by atomic mass is 35.5. The van der Waals surface area contributed by atoms with Crippen LogP contribution in [0.4, 0.5) is 15.8 Å². The van der Waals surface area contributed by atoms with Gasteiger partial charge in [0.05, 0.1) is 34.8 Å². The second-order valence-electron chi connectivity index (χ2n) is 6.63. The maximum absolute atomic E-state index is 13.4. The van der Waals surface area contributed by atoms with E-state index in [9.17, 15) is 17.6 Å². The van der Waals surface area contributed by atoms with E-state index in [0.717, 1.165) is 10.4 Å². The summed E-state index contributed by atoms with van der Waals surface area (Å²) in [7, 11) is -2.55. The number of nitrogens with zero attached hydrogens (tertiary/aromatic N) is 1. The quantitative estimate of drug-likeness (QED) is 0.460. The average Bonchev–Trinajstić information content (AvgIpc) is 2.77. The van der Waals surface area contributed by atoms with Crippen molar-refractivity contribution < 1.29 is 22.3 Å². The van der Waals surface area contributed by atoms with E-state index in [2.05, 4.69) is 11.9 Å². The Kier molecular flexibility index (Phi) is 7.17. The van der Waals surface area contributed by atoms with Gasteiger partial charge in [0, 0.05) is 5.69 Å². The molecule has 0 aliphatic carbocycles. The van der Waals surface area contributed by atoms with E-state index in [0.29, 0.717) is 11.4 Å². The predicted molar refractivity (Wildman–Crippen MR) is 124 cm³/mol. The molecule has 0 atom stereocenters. The molecule has 0 heterocycles. The van der Waals surface area contributed by atoms with E-state index < -0.39 is 21.7 Å². The van der Waals surface area contributed by atoms with Crippen molar-refractivity contribution in [3.8, 4) is 5.75 Å². The lowest BCUT2D eigenvalue weighted by Gasteiger charge is -2.23. The molecule has 0 bridgehead atoms. The Balaban J connectivity index is 1.97. The monoisotopic (exact) mass is 474 g/mol. The summed E-state index contributed by atoms with van der Waals surface area (Å²) in [5.74, 6) is -0.616. The first-order valence-corrected chi connectivity index (χ1v) is 11.2. The van der Waals surface area contributed by atoms with Crippen LogP contribution < -0.4 is 14.4 Å². The van der Waals surface area contributed by atoms with Gasteiger partial charge in [-0.1, -0.05) is 23.7 Å². The number of benzene rings is 3. The molecule has 9 heteroatoms. The molecule has 0 saturated heterocycles. The van der Waals surface area contributed by atoms with E-state index in [1.54, 1.807) is 24.3 Å². The molecule has 0 spiro atoms. The average molecular weight is 475 g/mol. The molecular weight excluding hydrogens is 455 g/mol. The minimum atomic E-state index is -4.07. The fraction of sp³-hybridized carbons (Fsp3) is 0.0870. The van der Waals surface area contributed by atoms with Gasteiger partial charge < -0.3 is 10.1 Å². The minimum Gasteiger partial charge on any atom is -0.497 e. The van der Waals surface area contributed by atoms with Crippen molar-refractivity contribution >= 4 is 38.9 Å². The lowest BCUT2D eigenvalue weighted by Crippen LogP contribution is -2.31. The van der Waals surface area contributed by atoms with Crippen LogP contribution in [-0.2, 0) is 10.0 Å². The molecule has 0 aliphatic heterocycles. The molecular formula is C23H20ClFN2O4S. The van der Waals surface area contributed by atoms with Gasteiger partial charge in [-0.25, -0.2) is 12.8 Å². The Morgan fingerprint density at radius 2 is 1.88 bits per heavy atom. The molecule has 0 aliphatic rings. The molecule has 3 rings (SSSR count). The number of hydrogen-bond donors (Lipinski definition) is 1. The number of ether oxygens (including phenoxy) is 1. The Hall–Kier alpha value is -3.36. The maximum Gasteiger partial charge on any atom is 0.264 e. The largest absolute Gasteiger partial charge is 0.497 e. The zero-order chi connectivity index (χ0) is 23.3. The van der Waals surface area contributed by atoms with Gasteiger partial charge in [-0.2, -0.15) is 0 Å². The number of rotatable bonds is 8. The molecule has 0 unspecified atom stereocenters. The summed E-state index contributed by atoms with van der Waals surface area (Å²) in [5, 5.41) is 2.57. The number of carbonyl (C=O) groups excluding carboxylic acids is 1. The highest BCUT2D eigenvalue weighted by molar-refractivity contribution is 7.92. The predicted octanol–water partition coefficient (Wildman–Crippen LogP) is 5.12. The van der Waals surface area contributed by atoms with Gasteiger partial charge in [-0.05, 0) is 60.7 Å². The molecule has 0 aromatic heterocycles. The van der Waals surface area contributed by atoms with Crippen LogP contribution in [0.5, 0.6) is 5.75 Å². The Bertz CT molecular complexity index is 1250. The van der Waals surface area contributed by atoms with E-state index >= 15 is 0 Å². The van der Waals surface area contributed by atoms with Crippen LogP contribution in [0.3, 0.4) is 0 Å². The zero-order valence-corrected chi connectivity index (χ0v) is 18.7. The number of anilines is 2. The van der Waals surface area contributed by atoms with Gasteiger partial charge in [0.2, 0.25) is 0 Å². The van der Waals surface area contributed by atoms with Crippen molar-refractivity contribution in [3.05, 3.63) is 95.8 Å². The number of nitrogens with one attached hydrogen (secondary N) is 1. The van der Waals surface area contributed by atoms with Crippen LogP contribution in [0.25, 0.3) is 0 Å². The third-order valence-electron chi connectivity index (χ3n) is 4.51. The van der Waals surface area contributed by atoms with Crippen molar-refractivity contribution in [1.29, 1.82) is 0 Å². The highest BCUT2D eigenvalue weighted by Crippen LogP contribution is 2.28. The van der Waals surface area contributed by atoms with Gasteiger partial charge in [0.15, 0.2) is 0 Å². The fourth-order valence-electron chi connectivity index (χ4n) is 2.94. The summed E-state index contributed by atoms with van der Waals surface area (Å²) in [6.45, 7) is 3.64. The molecule has 0 fully saturated rings. The number of sulfonamides is 1. The van der Waals surface area contributed by atoms with Crippen LogP contribution in [0.15, 0.2) is 84.3 Å². The van der Waals surface area contributed by atoms with E-state index in [1.165, 1.54) is 49.6 Å². The van der Waals surface area contributed by atoms with Crippen molar-refractivity contribution in [2.75, 3.05) is 23.3 Å². The summed E-state index contributed by atoms with van der Waals surface area (Å²) >= 11 is 6.16. The lowest BCUT2D eigenvalue weighted by molar-refractivity contribution is 0.102. The van der Waals surface area contributed by atoms with Crippen LogP contribution in [0, 0.1) is 5.82 Å². The summed E-state index contributed by atoms with van der Waals surface area (Å²) in [6, 6.07) is 15.6. The first kappa shape index (κ1) is 23.3. The Labute approximate surface area is 190 Å². The van der Waals surface area contributed by atoms with Crippen molar-refractivity contribution in [2.24, 2.45) is 0 Å². The normalized spacial score (nSPS) is 11.0. The van der Waals surface area contributed by atoms with Gasteiger partial charge in [-0.15, -0.1) is 6.58 Å². The number of halogens is 2. The maximum atomic E-state index is 13.4. The van der Waals surface area contributed by atoms with Crippen LogP contribution in [0.1, 0.15) is 10.4 Å². The number of amides is 1. The molecule has 166 valence electrons. The lowest BCUT2D eigenvalue weighted by atomic mass is 10.2. The van der Waals surface area contributed by atoms with Crippen LogP contribution in [0.2, 0.25) is 5.02 Å². The number of hydrogen-bond acceptors (Lipinski definition) is 4. The molecule has 32 heavy (non-hydrogen) atoms. The SMILES string of the molecule is C=CCN(c1ccc(OC)cc1)S(=O)(=O)c1ccc(Cl)c(C(=O)Nc2cccc(F)c2)c1. The van der Waals surface area contributed by atoms with Crippen LogP contribution in [-0.4, -0.2) is 28.0 Å². The summed E-state index contributed by atoms with van der Waals surface area (Å²) in [6.07, 6.45) is 1.45. The first-order valence-electron chi connectivity index (χ1n) is 9.40. The van der Waals surface area contributed by atoms with E-state index in [-0.39, 0.29) is 27.7 Å². The number of carbonyl (C=O) groups is 1. The molecule has 0 radical (unpaired) electrons. The second-order valence-corrected chi connectivity index (χ2v) is 8.90. The molecule has 3 aromatic carbocycles. The highest BCUT2D eigenvalue weighted by Gasteiger charge is 2.26. The fourth-order valence-corrected chi connectivity index (χ4v) is 4.60. The topological polar surface area (TPSA) is 75.7 Å². The van der Waals surface area contributed by atoms with E-state index in [4.69, 9.17) is 16.3 Å². The molecule has 6 nitrogen and oxygen atoms in total. The second kappa shape index (κ2) is 9.84. The smallest absolute Gasteiger partial charge is 0.264 e. The number of methoxy groups -OCH3 is 1. The third-order valence-corrected chi connectivity index (χ3v) is 6.63. The van der Waals surface area contributed by atoms with E-state index in [1.807, 2.05) is 0 Å². The molecule has 1 N–H and O–H groups in total. The summed E-state index contributed by atoms with van der Waals surface area (Å²) in [4.78, 5) is 12.6. The summed E-state index contributed by atoms with van der Waals surface area (Å²) in [5.41, 5.74) is 0.544. The third kappa shape index (κ3) is 5.09. The zero-order valence-electron chi connectivity index (χ0n) is 17.1. The Morgan fingerprint density at radius 3 is 2.50 bits per heavy atom. The van der Waals surface area contributed by atoms with Gasteiger partial charge in [0.1, 0.15) is 11.6 Å².